The summed E-state index contributed by atoms with van der Waals surface area (Å²) in [5.74, 6) is 0.713. The van der Waals surface area contributed by atoms with E-state index in [9.17, 15) is 9.59 Å². The van der Waals surface area contributed by atoms with Gasteiger partial charge in [0.15, 0.2) is 18.1 Å². The Morgan fingerprint density at radius 1 is 1.09 bits per heavy atom. The lowest BCUT2D eigenvalue weighted by Gasteiger charge is -2.31. The van der Waals surface area contributed by atoms with Gasteiger partial charge in [0.1, 0.15) is 6.04 Å². The smallest absolute Gasteiger partial charge is 0.261 e. The molecule has 1 N–H and O–H groups in total. The van der Waals surface area contributed by atoms with Crippen molar-refractivity contribution in [2.75, 3.05) is 20.3 Å². The molecule has 0 bridgehead atoms. The van der Waals surface area contributed by atoms with Gasteiger partial charge in [-0.25, -0.2) is 0 Å². The number of hydrogen-bond donors (Lipinski definition) is 1. The van der Waals surface area contributed by atoms with E-state index in [0.29, 0.717) is 46.0 Å². The first kappa shape index (κ1) is 25.8. The maximum atomic E-state index is 13.3. The average Bonchev–Trinajstić information content (AvgIpc) is 2.77. The Labute approximate surface area is 199 Å². The summed E-state index contributed by atoms with van der Waals surface area (Å²) in [5.41, 5.74) is 0.691. The lowest BCUT2D eigenvalue weighted by molar-refractivity contribution is -0.143. The minimum absolute atomic E-state index is 0.151. The monoisotopic (exact) mass is 480 g/mol. The fraction of sp³-hybridized carbons (Fsp3) is 0.417. The van der Waals surface area contributed by atoms with Crippen LogP contribution >= 0.6 is 23.2 Å². The van der Waals surface area contributed by atoms with Gasteiger partial charge in [-0.05, 0) is 42.2 Å². The molecule has 2 amide bonds. The highest BCUT2D eigenvalue weighted by molar-refractivity contribution is 6.35. The summed E-state index contributed by atoms with van der Waals surface area (Å²) in [6, 6.07) is 11.5. The molecule has 8 heteroatoms. The molecule has 1 atom stereocenters. The molecule has 2 rings (SSSR count). The highest BCUT2D eigenvalue weighted by atomic mass is 35.5. The number of rotatable bonds is 11. The first-order chi connectivity index (χ1) is 15.3. The number of nitrogens with zero attached hydrogens (tertiary/aromatic N) is 1. The maximum absolute atomic E-state index is 13.3. The Bertz CT molecular complexity index is 921. The second-order valence-corrected chi connectivity index (χ2v) is 8.60. The predicted molar refractivity (Wildman–Crippen MR) is 127 cm³/mol. The van der Waals surface area contributed by atoms with E-state index in [1.54, 1.807) is 36.4 Å². The van der Waals surface area contributed by atoms with E-state index in [0.717, 1.165) is 0 Å². The van der Waals surface area contributed by atoms with Crippen molar-refractivity contribution in [3.05, 3.63) is 58.1 Å². The van der Waals surface area contributed by atoms with Crippen molar-refractivity contribution < 1.29 is 19.1 Å². The lowest BCUT2D eigenvalue weighted by atomic mass is 10.1. The molecule has 2 aromatic carbocycles. The van der Waals surface area contributed by atoms with Crippen molar-refractivity contribution in [2.24, 2.45) is 5.92 Å². The van der Waals surface area contributed by atoms with E-state index in [1.165, 1.54) is 12.0 Å². The molecule has 174 valence electrons. The molecule has 32 heavy (non-hydrogen) atoms. The van der Waals surface area contributed by atoms with Crippen LogP contribution in [0.2, 0.25) is 10.0 Å². The van der Waals surface area contributed by atoms with E-state index in [1.807, 2.05) is 26.8 Å². The van der Waals surface area contributed by atoms with Gasteiger partial charge in [-0.15, -0.1) is 0 Å². The molecule has 6 nitrogen and oxygen atoms in total. The fourth-order valence-electron chi connectivity index (χ4n) is 3.14. The minimum Gasteiger partial charge on any atom is -0.493 e. The molecule has 0 spiro atoms. The van der Waals surface area contributed by atoms with Crippen molar-refractivity contribution in [1.29, 1.82) is 0 Å². The largest absolute Gasteiger partial charge is 0.493 e. The summed E-state index contributed by atoms with van der Waals surface area (Å²) in [7, 11) is 1.53. The zero-order valence-corrected chi connectivity index (χ0v) is 20.4. The number of ether oxygens (including phenoxy) is 2. The number of para-hydroxylation sites is 2. The van der Waals surface area contributed by atoms with Crippen LogP contribution in [0.15, 0.2) is 42.5 Å². The summed E-state index contributed by atoms with van der Waals surface area (Å²) >= 11 is 12.4. The quantitative estimate of drug-likeness (QED) is 0.493. The normalized spacial score (nSPS) is 11.7. The summed E-state index contributed by atoms with van der Waals surface area (Å²) in [6.07, 6.45) is 0.440. The Balaban J connectivity index is 2.26. The molecule has 0 saturated carbocycles. The Morgan fingerprint density at radius 3 is 2.38 bits per heavy atom. The van der Waals surface area contributed by atoms with Crippen LogP contribution in [0.1, 0.15) is 32.8 Å². The second kappa shape index (κ2) is 12.6. The highest BCUT2D eigenvalue weighted by Crippen LogP contribution is 2.27. The van der Waals surface area contributed by atoms with Gasteiger partial charge in [0.05, 0.1) is 7.11 Å². The lowest BCUT2D eigenvalue weighted by Crippen LogP contribution is -2.50. The Morgan fingerprint density at radius 2 is 1.78 bits per heavy atom. The summed E-state index contributed by atoms with van der Waals surface area (Å²) < 4.78 is 11.0. The van der Waals surface area contributed by atoms with E-state index in [4.69, 9.17) is 32.7 Å². The summed E-state index contributed by atoms with van der Waals surface area (Å²) in [6.45, 7) is 6.32. The Kier molecular flexibility index (Phi) is 10.1. The van der Waals surface area contributed by atoms with Gasteiger partial charge in [-0.1, -0.05) is 62.2 Å². The van der Waals surface area contributed by atoms with Crippen LogP contribution in [0, 0.1) is 5.92 Å². The van der Waals surface area contributed by atoms with Gasteiger partial charge < -0.3 is 19.7 Å². The van der Waals surface area contributed by atoms with Crippen LogP contribution in [-0.4, -0.2) is 43.0 Å². The van der Waals surface area contributed by atoms with E-state index >= 15 is 0 Å². The molecule has 0 fully saturated rings. The first-order valence-electron chi connectivity index (χ1n) is 10.5. The number of benzene rings is 2. The standard InChI is InChI=1S/C24H30Cl2N2O4/c1-5-20(24(30)27-13-16(2)3)28(14-17-10-11-18(25)12-19(17)26)23(29)15-32-22-9-7-6-8-21(22)31-4/h6-12,16,20H,5,13-15H2,1-4H3,(H,27,30). The first-order valence-corrected chi connectivity index (χ1v) is 11.3. The van der Waals surface area contributed by atoms with Crippen molar-refractivity contribution in [2.45, 2.75) is 39.8 Å². The fourth-order valence-corrected chi connectivity index (χ4v) is 3.60. The molecule has 0 aliphatic carbocycles. The topological polar surface area (TPSA) is 67.9 Å². The van der Waals surface area contributed by atoms with Crippen molar-refractivity contribution >= 4 is 35.0 Å². The van der Waals surface area contributed by atoms with Crippen LogP contribution in [0.5, 0.6) is 11.5 Å². The van der Waals surface area contributed by atoms with E-state index < -0.39 is 6.04 Å². The molecule has 0 aromatic heterocycles. The molecule has 0 aliphatic heterocycles. The molecule has 1 unspecified atom stereocenters. The number of nitrogens with one attached hydrogen (secondary N) is 1. The minimum atomic E-state index is -0.672. The zero-order chi connectivity index (χ0) is 23.7. The Hall–Kier alpha value is -2.44. The van der Waals surface area contributed by atoms with Gasteiger partial charge >= 0.3 is 0 Å². The van der Waals surface area contributed by atoms with Gasteiger partial charge in [-0.2, -0.15) is 0 Å². The van der Waals surface area contributed by atoms with E-state index in [-0.39, 0.29) is 25.0 Å². The predicted octanol–water partition coefficient (Wildman–Crippen LogP) is 4.96. The van der Waals surface area contributed by atoms with Crippen LogP contribution in [-0.2, 0) is 16.1 Å². The number of amides is 2. The average molecular weight is 481 g/mol. The zero-order valence-electron chi connectivity index (χ0n) is 18.9. The van der Waals surface area contributed by atoms with Crippen LogP contribution in [0.25, 0.3) is 0 Å². The molecule has 0 heterocycles. The molecule has 0 saturated heterocycles. The van der Waals surface area contributed by atoms with Crippen LogP contribution in [0.4, 0.5) is 0 Å². The number of hydrogen-bond acceptors (Lipinski definition) is 4. The van der Waals surface area contributed by atoms with Gasteiger partial charge in [0, 0.05) is 23.1 Å². The summed E-state index contributed by atoms with van der Waals surface area (Å²) in [5, 5.41) is 3.85. The maximum Gasteiger partial charge on any atom is 0.261 e. The van der Waals surface area contributed by atoms with Crippen LogP contribution < -0.4 is 14.8 Å². The number of carbonyl (C=O) groups is 2. The molecular formula is C24H30Cl2N2O4. The van der Waals surface area contributed by atoms with Crippen molar-refractivity contribution in [3.8, 4) is 11.5 Å². The van der Waals surface area contributed by atoms with Crippen LogP contribution in [0.3, 0.4) is 0 Å². The molecule has 0 aliphatic rings. The summed E-state index contributed by atoms with van der Waals surface area (Å²) in [4.78, 5) is 27.7. The number of halogens is 2. The SMILES string of the molecule is CCC(C(=O)NCC(C)C)N(Cc1ccc(Cl)cc1Cl)C(=O)COc1ccccc1OC. The van der Waals surface area contributed by atoms with Crippen molar-refractivity contribution in [1.82, 2.24) is 10.2 Å². The van der Waals surface area contributed by atoms with E-state index in [2.05, 4.69) is 5.32 Å². The molecule has 0 radical (unpaired) electrons. The van der Waals surface area contributed by atoms with Gasteiger partial charge in [-0.3, -0.25) is 9.59 Å². The second-order valence-electron chi connectivity index (χ2n) is 7.76. The van der Waals surface area contributed by atoms with Gasteiger partial charge in [0.25, 0.3) is 5.91 Å². The molecular weight excluding hydrogens is 451 g/mol. The van der Waals surface area contributed by atoms with Crippen molar-refractivity contribution in [3.63, 3.8) is 0 Å². The third-order valence-corrected chi connectivity index (χ3v) is 5.43. The molecule has 2 aromatic rings. The number of methoxy groups -OCH3 is 1. The number of carbonyl (C=O) groups excluding carboxylic acids is 2. The van der Waals surface area contributed by atoms with Gasteiger partial charge in [0.2, 0.25) is 5.91 Å². The third kappa shape index (κ3) is 7.31. The highest BCUT2D eigenvalue weighted by Gasteiger charge is 2.29. The third-order valence-electron chi connectivity index (χ3n) is 4.85.